The van der Waals surface area contributed by atoms with Gasteiger partial charge < -0.3 is 10.0 Å². The molecule has 1 aliphatic heterocycles. The van der Waals surface area contributed by atoms with Crippen molar-refractivity contribution < 1.29 is 22.7 Å². The van der Waals surface area contributed by atoms with Crippen molar-refractivity contribution in [3.63, 3.8) is 0 Å². The molecule has 1 aliphatic rings. The van der Waals surface area contributed by atoms with Gasteiger partial charge in [0.25, 0.3) is 0 Å². The van der Waals surface area contributed by atoms with E-state index < -0.39 is 17.9 Å². The number of aliphatic hydroxyl groups excluding tert-OH is 1. The van der Waals surface area contributed by atoms with Crippen LogP contribution < -0.4 is 4.90 Å². The SMILES string of the molecule is OCc1ccc(N2CCC(C(F)(F)F)C2)c(F)c1. The summed E-state index contributed by atoms with van der Waals surface area (Å²) < 4.78 is 51.2. The maximum absolute atomic E-state index is 13.7. The van der Waals surface area contributed by atoms with Gasteiger partial charge in [0.2, 0.25) is 0 Å². The van der Waals surface area contributed by atoms with Crippen LogP contribution in [0.4, 0.5) is 23.2 Å². The van der Waals surface area contributed by atoms with Crippen molar-refractivity contribution in [3.8, 4) is 0 Å². The van der Waals surface area contributed by atoms with Crippen LogP contribution in [0.1, 0.15) is 12.0 Å². The molecule has 1 atom stereocenters. The number of hydrogen-bond donors (Lipinski definition) is 1. The van der Waals surface area contributed by atoms with Crippen LogP contribution in [-0.2, 0) is 6.61 Å². The summed E-state index contributed by atoms with van der Waals surface area (Å²) in [6, 6.07) is 4.08. The fraction of sp³-hybridized carbons (Fsp3) is 0.500. The second-order valence-electron chi connectivity index (χ2n) is 4.42. The molecule has 1 saturated heterocycles. The molecule has 1 fully saturated rings. The number of hydrogen-bond acceptors (Lipinski definition) is 2. The average molecular weight is 263 g/mol. The maximum atomic E-state index is 13.7. The van der Waals surface area contributed by atoms with Crippen molar-refractivity contribution >= 4 is 5.69 Å². The van der Waals surface area contributed by atoms with Crippen LogP contribution in [0, 0.1) is 11.7 Å². The molecule has 1 aromatic carbocycles. The van der Waals surface area contributed by atoms with Gasteiger partial charge in [-0.1, -0.05) is 6.07 Å². The Hall–Kier alpha value is -1.30. The molecular weight excluding hydrogens is 250 g/mol. The summed E-state index contributed by atoms with van der Waals surface area (Å²) in [5.41, 5.74) is 0.571. The summed E-state index contributed by atoms with van der Waals surface area (Å²) >= 11 is 0. The average Bonchev–Trinajstić information content (AvgIpc) is 2.77. The van der Waals surface area contributed by atoms with E-state index >= 15 is 0 Å². The second kappa shape index (κ2) is 4.76. The molecule has 1 N–H and O–H groups in total. The van der Waals surface area contributed by atoms with Gasteiger partial charge in [0.15, 0.2) is 0 Å². The quantitative estimate of drug-likeness (QED) is 0.829. The predicted molar refractivity (Wildman–Crippen MR) is 58.7 cm³/mol. The Bertz CT molecular complexity index is 433. The predicted octanol–water partition coefficient (Wildman–Crippen LogP) is 2.71. The first-order valence-electron chi connectivity index (χ1n) is 5.62. The highest BCUT2D eigenvalue weighted by Gasteiger charge is 2.43. The van der Waals surface area contributed by atoms with E-state index in [0.29, 0.717) is 5.56 Å². The zero-order valence-electron chi connectivity index (χ0n) is 9.54. The third-order valence-corrected chi connectivity index (χ3v) is 3.19. The number of benzene rings is 1. The zero-order valence-corrected chi connectivity index (χ0v) is 9.54. The first kappa shape index (κ1) is 13.1. The Morgan fingerprint density at radius 3 is 2.56 bits per heavy atom. The van der Waals surface area contributed by atoms with Gasteiger partial charge in [0.05, 0.1) is 18.2 Å². The monoisotopic (exact) mass is 263 g/mol. The van der Waals surface area contributed by atoms with Gasteiger partial charge in [-0.05, 0) is 24.1 Å². The Balaban J connectivity index is 2.14. The van der Waals surface area contributed by atoms with E-state index in [1.807, 2.05) is 0 Å². The van der Waals surface area contributed by atoms with Crippen LogP contribution in [0.3, 0.4) is 0 Å². The lowest BCUT2D eigenvalue weighted by Gasteiger charge is -2.20. The molecule has 0 radical (unpaired) electrons. The van der Waals surface area contributed by atoms with Gasteiger partial charge in [-0.3, -0.25) is 0 Å². The third kappa shape index (κ3) is 2.58. The maximum Gasteiger partial charge on any atom is 0.393 e. The van der Waals surface area contributed by atoms with Crippen molar-refractivity contribution in [1.29, 1.82) is 0 Å². The molecule has 0 bridgehead atoms. The molecule has 6 heteroatoms. The summed E-state index contributed by atoms with van der Waals surface area (Å²) in [6.45, 7) is -0.305. The zero-order chi connectivity index (χ0) is 13.3. The van der Waals surface area contributed by atoms with Gasteiger partial charge in [0.1, 0.15) is 5.82 Å². The lowest BCUT2D eigenvalue weighted by atomic mass is 10.1. The molecule has 0 spiro atoms. The largest absolute Gasteiger partial charge is 0.393 e. The Morgan fingerprint density at radius 1 is 1.33 bits per heavy atom. The standard InChI is InChI=1S/C12H13F4NO/c13-10-5-8(7-18)1-2-11(10)17-4-3-9(6-17)12(14,15)16/h1-2,5,9,18H,3-4,6-7H2. The highest BCUT2D eigenvalue weighted by molar-refractivity contribution is 5.50. The van der Waals surface area contributed by atoms with Crippen LogP contribution in [0.5, 0.6) is 0 Å². The van der Waals surface area contributed by atoms with Crippen molar-refractivity contribution in [2.24, 2.45) is 5.92 Å². The lowest BCUT2D eigenvalue weighted by Crippen LogP contribution is -2.27. The minimum Gasteiger partial charge on any atom is -0.392 e. The lowest BCUT2D eigenvalue weighted by molar-refractivity contribution is -0.168. The van der Waals surface area contributed by atoms with Gasteiger partial charge >= 0.3 is 6.18 Å². The number of alkyl halides is 3. The normalized spacial score (nSPS) is 20.5. The Kier molecular flexibility index (Phi) is 3.47. The molecule has 0 aliphatic carbocycles. The summed E-state index contributed by atoms with van der Waals surface area (Å²) in [7, 11) is 0. The van der Waals surface area contributed by atoms with Crippen LogP contribution in [0.2, 0.25) is 0 Å². The molecule has 18 heavy (non-hydrogen) atoms. The molecule has 1 aromatic rings. The van der Waals surface area contributed by atoms with E-state index in [1.54, 1.807) is 0 Å². The topological polar surface area (TPSA) is 23.5 Å². The highest BCUT2D eigenvalue weighted by atomic mass is 19.4. The number of nitrogens with zero attached hydrogens (tertiary/aromatic N) is 1. The van der Waals surface area contributed by atoms with E-state index in [-0.39, 0.29) is 31.8 Å². The molecule has 2 rings (SSSR count). The van der Waals surface area contributed by atoms with Gasteiger partial charge in [-0.15, -0.1) is 0 Å². The molecule has 0 amide bonds. The van der Waals surface area contributed by atoms with Crippen LogP contribution >= 0.6 is 0 Å². The summed E-state index contributed by atoms with van der Waals surface area (Å²) in [5.74, 6) is -1.99. The molecular formula is C12H13F4NO. The molecule has 1 heterocycles. The van der Waals surface area contributed by atoms with Crippen molar-refractivity contribution in [2.45, 2.75) is 19.2 Å². The van der Waals surface area contributed by atoms with Gasteiger partial charge in [-0.25, -0.2) is 4.39 Å². The van der Waals surface area contributed by atoms with Crippen molar-refractivity contribution in [3.05, 3.63) is 29.6 Å². The van der Waals surface area contributed by atoms with E-state index in [9.17, 15) is 17.6 Å². The smallest absolute Gasteiger partial charge is 0.392 e. The Morgan fingerprint density at radius 2 is 2.06 bits per heavy atom. The van der Waals surface area contributed by atoms with Crippen LogP contribution in [-0.4, -0.2) is 24.4 Å². The van der Waals surface area contributed by atoms with E-state index in [1.165, 1.54) is 17.0 Å². The molecule has 2 nitrogen and oxygen atoms in total. The third-order valence-electron chi connectivity index (χ3n) is 3.19. The Labute approximate surface area is 102 Å². The minimum absolute atomic E-state index is 0.00923. The van der Waals surface area contributed by atoms with Crippen molar-refractivity contribution in [1.82, 2.24) is 0 Å². The highest BCUT2D eigenvalue weighted by Crippen LogP contribution is 2.36. The first-order valence-corrected chi connectivity index (χ1v) is 5.62. The van der Waals surface area contributed by atoms with Crippen LogP contribution in [0.15, 0.2) is 18.2 Å². The van der Waals surface area contributed by atoms with E-state index in [0.717, 1.165) is 6.07 Å². The van der Waals surface area contributed by atoms with Crippen LogP contribution in [0.25, 0.3) is 0 Å². The molecule has 100 valence electrons. The number of rotatable bonds is 2. The summed E-state index contributed by atoms with van der Waals surface area (Å²) in [6.07, 6.45) is -4.24. The van der Waals surface area contributed by atoms with Gasteiger partial charge in [-0.2, -0.15) is 13.2 Å². The summed E-state index contributed by atoms with van der Waals surface area (Å²) in [4.78, 5) is 1.40. The summed E-state index contributed by atoms with van der Waals surface area (Å²) in [5, 5.41) is 8.84. The first-order chi connectivity index (χ1) is 8.41. The van der Waals surface area contributed by atoms with Crippen molar-refractivity contribution in [2.75, 3.05) is 18.0 Å². The molecule has 0 aromatic heterocycles. The molecule has 0 saturated carbocycles. The number of halogens is 4. The van der Waals surface area contributed by atoms with E-state index in [4.69, 9.17) is 5.11 Å². The second-order valence-corrected chi connectivity index (χ2v) is 4.42. The van der Waals surface area contributed by atoms with Gasteiger partial charge in [0, 0.05) is 13.1 Å². The minimum atomic E-state index is -4.23. The molecule has 1 unspecified atom stereocenters. The van der Waals surface area contributed by atoms with E-state index in [2.05, 4.69) is 0 Å². The number of anilines is 1. The fourth-order valence-corrected chi connectivity index (χ4v) is 2.15. The number of aliphatic hydroxyl groups is 1. The fourth-order valence-electron chi connectivity index (χ4n) is 2.15.